The van der Waals surface area contributed by atoms with Gasteiger partial charge in [-0.05, 0) is 17.4 Å². The number of hydrogen-bond donors (Lipinski definition) is 0. The molecule has 0 atom stereocenters. The van der Waals surface area contributed by atoms with Crippen LogP contribution in [0.5, 0.6) is 0 Å². The third-order valence-corrected chi connectivity index (χ3v) is 1.76. The van der Waals surface area contributed by atoms with Crippen LogP contribution in [0.15, 0.2) is 101 Å². The zero-order valence-corrected chi connectivity index (χ0v) is 10.4. The number of rotatable bonds is 0. The zero-order chi connectivity index (χ0) is 13.4. The van der Waals surface area contributed by atoms with E-state index in [1.54, 1.807) is 12.2 Å². The van der Waals surface area contributed by atoms with Crippen molar-refractivity contribution in [2.45, 2.75) is 0 Å². The van der Waals surface area contributed by atoms with Gasteiger partial charge in [0.15, 0.2) is 0 Å². The fraction of sp³-hybridized carbons (Fsp3) is 0. The van der Waals surface area contributed by atoms with E-state index >= 15 is 0 Å². The van der Waals surface area contributed by atoms with Gasteiger partial charge in [0.1, 0.15) is 6.26 Å². The second-order valence-corrected chi connectivity index (χ2v) is 3.18. The SMILES string of the molecule is C1=CC=CC=CC=CON=NN=CC=CC=CC=C1. The Morgan fingerprint density at radius 1 is 0.526 bits per heavy atom. The first-order valence-corrected chi connectivity index (χ1v) is 5.74. The summed E-state index contributed by atoms with van der Waals surface area (Å²) in [6.45, 7) is 0. The Labute approximate surface area is 112 Å². The van der Waals surface area contributed by atoms with Crippen molar-refractivity contribution in [1.82, 2.24) is 0 Å². The zero-order valence-electron chi connectivity index (χ0n) is 10.4. The first-order chi connectivity index (χ1) is 9.50. The van der Waals surface area contributed by atoms with Gasteiger partial charge in [-0.15, -0.1) is 5.10 Å². The molecule has 0 saturated heterocycles. The first kappa shape index (κ1) is 14.3. The van der Waals surface area contributed by atoms with E-state index in [0.717, 1.165) is 0 Å². The van der Waals surface area contributed by atoms with Crippen LogP contribution in [0.2, 0.25) is 0 Å². The molecule has 1 aliphatic rings. The van der Waals surface area contributed by atoms with E-state index in [1.165, 1.54) is 12.5 Å². The molecule has 0 aromatic rings. The van der Waals surface area contributed by atoms with Crippen LogP contribution in [0.4, 0.5) is 0 Å². The van der Waals surface area contributed by atoms with Crippen LogP contribution in [0.3, 0.4) is 0 Å². The average Bonchev–Trinajstić information content (AvgIpc) is 2.43. The third kappa shape index (κ3) is 10.1. The maximum absolute atomic E-state index is 4.73. The first-order valence-electron chi connectivity index (χ1n) is 5.74. The summed E-state index contributed by atoms with van der Waals surface area (Å²) >= 11 is 0. The lowest BCUT2D eigenvalue weighted by Gasteiger charge is -1.80. The maximum Gasteiger partial charge on any atom is 0.124 e. The lowest BCUT2D eigenvalue weighted by molar-refractivity contribution is 0.237. The molecule has 0 N–H and O–H groups in total. The molecule has 4 heteroatoms. The number of hydrogen-bond acceptors (Lipinski definition) is 4. The summed E-state index contributed by atoms with van der Waals surface area (Å²) in [4.78, 5) is 4.73. The molecule has 0 bridgehead atoms. The van der Waals surface area contributed by atoms with Gasteiger partial charge in [0.05, 0.1) is 11.5 Å². The average molecular weight is 253 g/mol. The Morgan fingerprint density at radius 3 is 1.58 bits per heavy atom. The monoisotopic (exact) mass is 253 g/mol. The highest BCUT2D eigenvalue weighted by Gasteiger charge is 1.69. The quantitative estimate of drug-likeness (QED) is 0.637. The van der Waals surface area contributed by atoms with Gasteiger partial charge in [-0.1, -0.05) is 66.8 Å². The highest BCUT2D eigenvalue weighted by Crippen LogP contribution is 1.87. The molecule has 0 saturated carbocycles. The van der Waals surface area contributed by atoms with Crippen LogP contribution < -0.4 is 0 Å². The van der Waals surface area contributed by atoms with Gasteiger partial charge in [-0.3, -0.25) is 0 Å². The van der Waals surface area contributed by atoms with Crippen LogP contribution in [0.1, 0.15) is 0 Å². The number of allylic oxidation sites excluding steroid dienone is 13. The van der Waals surface area contributed by atoms with Crippen LogP contribution in [0, 0.1) is 0 Å². The summed E-state index contributed by atoms with van der Waals surface area (Å²) in [7, 11) is 0. The van der Waals surface area contributed by atoms with Crippen molar-refractivity contribution in [2.75, 3.05) is 0 Å². The predicted octanol–water partition coefficient (Wildman–Crippen LogP) is 4.22. The van der Waals surface area contributed by atoms with E-state index in [2.05, 4.69) is 15.6 Å². The maximum atomic E-state index is 4.73. The fourth-order valence-electron chi connectivity index (χ4n) is 0.974. The second kappa shape index (κ2) is 11.7. The minimum absolute atomic E-state index is 1.41. The van der Waals surface area contributed by atoms with E-state index in [0.29, 0.717) is 0 Å². The summed E-state index contributed by atoms with van der Waals surface area (Å²) < 4.78 is 0. The number of nitrogens with zero attached hydrogens (tertiary/aromatic N) is 3. The largest absolute Gasteiger partial charge is 0.346 e. The predicted molar refractivity (Wildman–Crippen MR) is 78.4 cm³/mol. The lowest BCUT2D eigenvalue weighted by atomic mass is 10.3. The van der Waals surface area contributed by atoms with Crippen molar-refractivity contribution < 1.29 is 4.84 Å². The standard InChI is InChI=1S/C15H15N3O/c1-2-4-6-8-10-12-14-16-17-18-19-15-13-11-9-7-5-3-1/h1-15H. The van der Waals surface area contributed by atoms with Gasteiger partial charge in [0, 0.05) is 0 Å². The van der Waals surface area contributed by atoms with E-state index < -0.39 is 0 Å². The van der Waals surface area contributed by atoms with Crippen molar-refractivity contribution in [3.8, 4) is 0 Å². The second-order valence-electron chi connectivity index (χ2n) is 3.18. The Morgan fingerprint density at radius 2 is 1.00 bits per heavy atom. The van der Waals surface area contributed by atoms with Gasteiger partial charge in [0.2, 0.25) is 0 Å². The molecule has 0 fully saturated rings. The minimum atomic E-state index is 1.41. The van der Waals surface area contributed by atoms with E-state index in [9.17, 15) is 0 Å². The van der Waals surface area contributed by atoms with Crippen LogP contribution in [-0.2, 0) is 4.84 Å². The van der Waals surface area contributed by atoms with Crippen LogP contribution >= 0.6 is 0 Å². The Balaban J connectivity index is 2.63. The molecule has 0 aromatic heterocycles. The molecule has 96 valence electrons. The summed E-state index contributed by atoms with van der Waals surface area (Å²) in [6.07, 6.45) is 27.3. The normalized spacial score (nSPS) is 16.0. The topological polar surface area (TPSA) is 46.3 Å². The van der Waals surface area contributed by atoms with Crippen LogP contribution in [-0.4, -0.2) is 6.21 Å². The smallest absolute Gasteiger partial charge is 0.124 e. The molecule has 1 aliphatic heterocycles. The van der Waals surface area contributed by atoms with Gasteiger partial charge in [-0.2, -0.15) is 0 Å². The summed E-state index contributed by atoms with van der Waals surface area (Å²) in [6, 6.07) is 0. The molecule has 4 nitrogen and oxygen atoms in total. The molecule has 1 rings (SSSR count). The minimum Gasteiger partial charge on any atom is -0.346 e. The molecule has 0 aliphatic carbocycles. The third-order valence-electron chi connectivity index (χ3n) is 1.76. The van der Waals surface area contributed by atoms with Gasteiger partial charge < -0.3 is 4.84 Å². The summed E-state index contributed by atoms with van der Waals surface area (Å²) in [5, 5.41) is 10.4. The molecular formula is C15H15N3O. The van der Waals surface area contributed by atoms with Crippen LogP contribution in [0.25, 0.3) is 0 Å². The van der Waals surface area contributed by atoms with Crippen molar-refractivity contribution in [3.63, 3.8) is 0 Å². The van der Waals surface area contributed by atoms with E-state index in [4.69, 9.17) is 4.84 Å². The van der Waals surface area contributed by atoms with Crippen molar-refractivity contribution in [3.05, 3.63) is 85.3 Å². The van der Waals surface area contributed by atoms with E-state index in [-0.39, 0.29) is 0 Å². The highest BCUT2D eigenvalue weighted by atomic mass is 16.6. The van der Waals surface area contributed by atoms with Gasteiger partial charge in [-0.25, -0.2) is 0 Å². The van der Waals surface area contributed by atoms with E-state index in [1.807, 2.05) is 66.8 Å². The Bertz CT molecular complexity index is 446. The Kier molecular flexibility index (Phi) is 8.83. The molecule has 0 spiro atoms. The lowest BCUT2D eigenvalue weighted by Crippen LogP contribution is -1.64. The van der Waals surface area contributed by atoms with Crippen molar-refractivity contribution in [1.29, 1.82) is 0 Å². The Hall–Kier alpha value is -2.75. The summed E-state index contributed by atoms with van der Waals surface area (Å²) in [5.74, 6) is 0. The van der Waals surface area contributed by atoms with Gasteiger partial charge >= 0.3 is 0 Å². The highest BCUT2D eigenvalue weighted by molar-refractivity contribution is 5.71. The molecule has 0 amide bonds. The molecule has 19 heavy (non-hydrogen) atoms. The molecule has 0 radical (unpaired) electrons. The molecule has 0 aromatic carbocycles. The molecular weight excluding hydrogens is 238 g/mol. The summed E-state index contributed by atoms with van der Waals surface area (Å²) in [5.41, 5.74) is 0. The molecule has 0 unspecified atom stereocenters. The van der Waals surface area contributed by atoms with Crippen molar-refractivity contribution >= 4 is 6.21 Å². The fourth-order valence-corrected chi connectivity index (χ4v) is 0.974. The van der Waals surface area contributed by atoms with Crippen molar-refractivity contribution in [2.24, 2.45) is 15.6 Å². The molecule has 1 heterocycles. The van der Waals surface area contributed by atoms with Gasteiger partial charge in [0.25, 0.3) is 0 Å².